The number of pyridine rings is 1. The molecular formula is C21H24N2. The van der Waals surface area contributed by atoms with Crippen LogP contribution in [0.25, 0.3) is 5.57 Å². The zero-order chi connectivity index (χ0) is 15.8. The van der Waals surface area contributed by atoms with E-state index >= 15 is 0 Å². The molecule has 2 atom stereocenters. The van der Waals surface area contributed by atoms with E-state index in [0.717, 1.165) is 18.7 Å². The SMILES string of the molecule is Cc1ccc(C2=CC3CCC(C2)N3Cc2ccccc2)c(C)n1. The Hall–Kier alpha value is -1.93. The molecule has 1 fully saturated rings. The van der Waals surface area contributed by atoms with Gasteiger partial charge >= 0.3 is 0 Å². The second-order valence-corrected chi connectivity index (χ2v) is 6.94. The highest BCUT2D eigenvalue weighted by Gasteiger charge is 2.36. The molecule has 2 aliphatic heterocycles. The molecule has 4 rings (SSSR count). The Bertz CT molecular complexity index is 733. The summed E-state index contributed by atoms with van der Waals surface area (Å²) in [5.41, 5.74) is 6.57. The summed E-state index contributed by atoms with van der Waals surface area (Å²) in [6.07, 6.45) is 6.27. The second kappa shape index (κ2) is 5.93. The van der Waals surface area contributed by atoms with Gasteiger partial charge in [0.15, 0.2) is 0 Å². The topological polar surface area (TPSA) is 16.1 Å². The third kappa shape index (κ3) is 2.84. The molecular weight excluding hydrogens is 280 g/mol. The summed E-state index contributed by atoms with van der Waals surface area (Å²) >= 11 is 0. The van der Waals surface area contributed by atoms with Crippen LogP contribution in [0.15, 0.2) is 48.5 Å². The molecule has 2 nitrogen and oxygen atoms in total. The predicted octanol–water partition coefficient (Wildman–Crippen LogP) is 4.52. The van der Waals surface area contributed by atoms with E-state index in [9.17, 15) is 0 Å². The van der Waals surface area contributed by atoms with E-state index in [0.29, 0.717) is 12.1 Å². The first-order chi connectivity index (χ1) is 11.2. The second-order valence-electron chi connectivity index (χ2n) is 6.94. The average molecular weight is 304 g/mol. The monoisotopic (exact) mass is 304 g/mol. The lowest BCUT2D eigenvalue weighted by Gasteiger charge is -2.34. The van der Waals surface area contributed by atoms with E-state index in [1.807, 2.05) is 0 Å². The van der Waals surface area contributed by atoms with Gasteiger partial charge in [-0.25, -0.2) is 0 Å². The highest BCUT2D eigenvalue weighted by Crippen LogP contribution is 2.39. The highest BCUT2D eigenvalue weighted by atomic mass is 15.2. The van der Waals surface area contributed by atoms with Gasteiger partial charge in [0.1, 0.15) is 0 Å². The molecule has 0 N–H and O–H groups in total. The normalized spacial score (nSPS) is 23.8. The van der Waals surface area contributed by atoms with Gasteiger partial charge in [-0.2, -0.15) is 0 Å². The number of nitrogens with zero attached hydrogens (tertiary/aromatic N) is 2. The fourth-order valence-corrected chi connectivity index (χ4v) is 4.18. The van der Waals surface area contributed by atoms with Crippen LogP contribution in [0.4, 0.5) is 0 Å². The fourth-order valence-electron chi connectivity index (χ4n) is 4.18. The van der Waals surface area contributed by atoms with E-state index in [1.54, 1.807) is 0 Å². The molecule has 0 saturated carbocycles. The number of benzene rings is 1. The summed E-state index contributed by atoms with van der Waals surface area (Å²) in [4.78, 5) is 7.34. The minimum absolute atomic E-state index is 0.588. The standard InChI is InChI=1S/C21H24N2/c1-15-8-11-21(16(2)22-15)18-12-19-9-10-20(13-18)23(19)14-17-6-4-3-5-7-17/h3-8,11-12,19-20H,9-10,13-14H2,1-2H3. The van der Waals surface area contributed by atoms with Crippen molar-refractivity contribution >= 4 is 5.57 Å². The van der Waals surface area contributed by atoms with Gasteiger partial charge in [-0.15, -0.1) is 0 Å². The Kier molecular flexibility index (Phi) is 3.78. The minimum atomic E-state index is 0.588. The lowest BCUT2D eigenvalue weighted by Crippen LogP contribution is -2.37. The van der Waals surface area contributed by atoms with Crippen molar-refractivity contribution in [2.24, 2.45) is 0 Å². The summed E-state index contributed by atoms with van der Waals surface area (Å²) in [6.45, 7) is 5.28. The van der Waals surface area contributed by atoms with Gasteiger partial charge in [0, 0.05) is 30.0 Å². The molecule has 1 aromatic carbocycles. The molecule has 2 aromatic rings. The van der Waals surface area contributed by atoms with E-state index in [4.69, 9.17) is 0 Å². The first-order valence-corrected chi connectivity index (χ1v) is 8.66. The molecule has 2 heteroatoms. The van der Waals surface area contributed by atoms with Gasteiger partial charge in [0.25, 0.3) is 0 Å². The summed E-state index contributed by atoms with van der Waals surface area (Å²) < 4.78 is 0. The maximum atomic E-state index is 4.65. The van der Waals surface area contributed by atoms with Gasteiger partial charge < -0.3 is 0 Å². The van der Waals surface area contributed by atoms with Crippen LogP contribution in [0.1, 0.15) is 41.8 Å². The van der Waals surface area contributed by atoms with Crippen LogP contribution >= 0.6 is 0 Å². The zero-order valence-electron chi connectivity index (χ0n) is 14.0. The molecule has 0 spiro atoms. The fraction of sp³-hybridized carbons (Fsp3) is 0.381. The Morgan fingerprint density at radius 3 is 2.61 bits per heavy atom. The number of fused-ring (bicyclic) bond motifs is 2. The minimum Gasteiger partial charge on any atom is -0.289 e. The molecule has 2 bridgehead atoms. The van der Waals surface area contributed by atoms with Crippen LogP contribution in [0.5, 0.6) is 0 Å². The molecule has 1 aromatic heterocycles. The first kappa shape index (κ1) is 14.6. The molecule has 0 aliphatic carbocycles. The van der Waals surface area contributed by atoms with Gasteiger partial charge in [0.05, 0.1) is 0 Å². The van der Waals surface area contributed by atoms with Crippen molar-refractivity contribution in [3.05, 3.63) is 71.1 Å². The average Bonchev–Trinajstić information content (AvgIpc) is 2.78. The van der Waals surface area contributed by atoms with Crippen molar-refractivity contribution in [1.29, 1.82) is 0 Å². The Morgan fingerprint density at radius 1 is 1.04 bits per heavy atom. The molecule has 2 unspecified atom stereocenters. The van der Waals surface area contributed by atoms with Gasteiger partial charge in [-0.1, -0.05) is 42.5 Å². The molecule has 3 heterocycles. The van der Waals surface area contributed by atoms with Crippen LogP contribution in [0.3, 0.4) is 0 Å². The lowest BCUT2D eigenvalue weighted by atomic mass is 9.93. The lowest BCUT2D eigenvalue weighted by molar-refractivity contribution is 0.203. The van der Waals surface area contributed by atoms with Crippen molar-refractivity contribution in [2.45, 2.75) is 51.7 Å². The maximum Gasteiger partial charge on any atom is 0.0450 e. The number of aromatic nitrogens is 1. The maximum absolute atomic E-state index is 4.65. The summed E-state index contributed by atoms with van der Waals surface area (Å²) in [7, 11) is 0. The Morgan fingerprint density at radius 2 is 1.87 bits per heavy atom. The quantitative estimate of drug-likeness (QED) is 0.829. The smallest absolute Gasteiger partial charge is 0.0450 e. The highest BCUT2D eigenvalue weighted by molar-refractivity contribution is 5.69. The largest absolute Gasteiger partial charge is 0.289 e. The van der Waals surface area contributed by atoms with E-state index in [-0.39, 0.29) is 0 Å². The van der Waals surface area contributed by atoms with E-state index < -0.39 is 0 Å². The van der Waals surface area contributed by atoms with Crippen LogP contribution < -0.4 is 0 Å². The number of hydrogen-bond donors (Lipinski definition) is 0. The molecule has 0 amide bonds. The van der Waals surface area contributed by atoms with Crippen molar-refractivity contribution < 1.29 is 0 Å². The van der Waals surface area contributed by atoms with Gasteiger partial charge in [-0.05, 0) is 55.9 Å². The van der Waals surface area contributed by atoms with E-state index in [2.05, 4.69) is 72.3 Å². The van der Waals surface area contributed by atoms with Crippen LogP contribution in [0, 0.1) is 13.8 Å². The molecule has 2 aliphatic rings. The molecule has 118 valence electrons. The van der Waals surface area contributed by atoms with Crippen molar-refractivity contribution in [1.82, 2.24) is 9.88 Å². The number of aryl methyl sites for hydroxylation is 2. The third-order valence-corrected chi connectivity index (χ3v) is 5.32. The first-order valence-electron chi connectivity index (χ1n) is 8.66. The summed E-state index contributed by atoms with van der Waals surface area (Å²) in [6, 6.07) is 16.5. The number of rotatable bonds is 3. The Labute approximate surface area is 138 Å². The summed E-state index contributed by atoms with van der Waals surface area (Å²) in [5, 5.41) is 0. The van der Waals surface area contributed by atoms with Crippen LogP contribution in [-0.4, -0.2) is 22.0 Å². The van der Waals surface area contributed by atoms with Gasteiger partial charge in [-0.3, -0.25) is 9.88 Å². The molecule has 0 radical (unpaired) electrons. The third-order valence-electron chi connectivity index (χ3n) is 5.32. The van der Waals surface area contributed by atoms with Crippen molar-refractivity contribution in [2.75, 3.05) is 0 Å². The zero-order valence-corrected chi connectivity index (χ0v) is 14.0. The van der Waals surface area contributed by atoms with Crippen molar-refractivity contribution in [3.8, 4) is 0 Å². The number of hydrogen-bond acceptors (Lipinski definition) is 2. The van der Waals surface area contributed by atoms with E-state index in [1.165, 1.54) is 35.2 Å². The van der Waals surface area contributed by atoms with Gasteiger partial charge in [0.2, 0.25) is 0 Å². The molecule has 23 heavy (non-hydrogen) atoms. The van der Waals surface area contributed by atoms with Crippen LogP contribution in [-0.2, 0) is 6.54 Å². The summed E-state index contributed by atoms with van der Waals surface area (Å²) in [5.74, 6) is 0. The van der Waals surface area contributed by atoms with Crippen LogP contribution in [0.2, 0.25) is 0 Å². The molecule has 1 saturated heterocycles. The Balaban J connectivity index is 1.59. The predicted molar refractivity (Wildman–Crippen MR) is 95.1 cm³/mol. The van der Waals surface area contributed by atoms with Crippen molar-refractivity contribution in [3.63, 3.8) is 0 Å².